The Balaban J connectivity index is 1.44. The van der Waals surface area contributed by atoms with Crippen molar-refractivity contribution in [2.75, 3.05) is 31.6 Å². The van der Waals surface area contributed by atoms with Crippen molar-refractivity contribution in [3.63, 3.8) is 0 Å². The summed E-state index contributed by atoms with van der Waals surface area (Å²) in [4.78, 5) is 17.9. The minimum atomic E-state index is -0.593. The number of furan rings is 1. The Morgan fingerprint density at radius 2 is 2.18 bits per heavy atom. The van der Waals surface area contributed by atoms with Crippen molar-refractivity contribution < 1.29 is 18.0 Å². The van der Waals surface area contributed by atoms with Crippen LogP contribution >= 0.6 is 0 Å². The molecule has 2 heterocycles. The molecule has 9 heteroatoms. The molecular weight excluding hydrogens is 368 g/mol. The molecule has 1 aromatic heterocycles. The van der Waals surface area contributed by atoms with Crippen LogP contribution in [0.3, 0.4) is 0 Å². The van der Waals surface area contributed by atoms with E-state index in [0.29, 0.717) is 37.0 Å². The maximum absolute atomic E-state index is 14.0. The molecular formula is C19H23F2N5O2. The molecule has 1 aliphatic heterocycles. The topological polar surface area (TPSA) is 81.9 Å². The van der Waals surface area contributed by atoms with E-state index in [1.54, 1.807) is 25.4 Å². The van der Waals surface area contributed by atoms with Crippen molar-refractivity contribution in [3.05, 3.63) is 54.0 Å². The predicted molar refractivity (Wildman–Crippen MR) is 102 cm³/mol. The summed E-state index contributed by atoms with van der Waals surface area (Å²) in [5.74, 6) is -0.197. The number of halogens is 2. The molecule has 1 fully saturated rings. The lowest BCUT2D eigenvalue weighted by Crippen LogP contribution is -2.47. The summed E-state index contributed by atoms with van der Waals surface area (Å²) in [6.45, 7) is 1.57. The summed E-state index contributed by atoms with van der Waals surface area (Å²) in [6, 6.07) is 7.16. The summed E-state index contributed by atoms with van der Waals surface area (Å²) < 4.78 is 32.2. The second-order valence-electron chi connectivity index (χ2n) is 6.45. The third kappa shape index (κ3) is 5.21. The largest absolute Gasteiger partial charge is 0.467 e. The minimum absolute atomic E-state index is 0.0295. The number of carbonyl (C=O) groups excluding carboxylic acids is 1. The minimum Gasteiger partial charge on any atom is -0.467 e. The molecule has 1 unspecified atom stereocenters. The highest BCUT2D eigenvalue weighted by Crippen LogP contribution is 2.24. The van der Waals surface area contributed by atoms with Gasteiger partial charge in [-0.1, -0.05) is 0 Å². The van der Waals surface area contributed by atoms with Gasteiger partial charge >= 0.3 is 0 Å². The van der Waals surface area contributed by atoms with Crippen molar-refractivity contribution in [2.24, 2.45) is 4.99 Å². The van der Waals surface area contributed by atoms with Crippen LogP contribution in [0.1, 0.15) is 12.2 Å². The van der Waals surface area contributed by atoms with Crippen LogP contribution in [0.15, 0.2) is 46.0 Å². The van der Waals surface area contributed by atoms with Crippen LogP contribution in [0.4, 0.5) is 14.5 Å². The molecule has 150 valence electrons. The van der Waals surface area contributed by atoms with Gasteiger partial charge in [-0.2, -0.15) is 0 Å². The van der Waals surface area contributed by atoms with E-state index in [4.69, 9.17) is 4.42 Å². The number of nitrogens with zero attached hydrogens (tertiary/aromatic N) is 2. The average Bonchev–Trinajstić information content (AvgIpc) is 3.35. The molecule has 0 radical (unpaired) electrons. The van der Waals surface area contributed by atoms with E-state index in [1.807, 2.05) is 4.90 Å². The van der Waals surface area contributed by atoms with Gasteiger partial charge in [0.05, 0.1) is 25.0 Å². The average molecular weight is 391 g/mol. The van der Waals surface area contributed by atoms with Crippen LogP contribution in [0.2, 0.25) is 0 Å². The molecule has 1 amide bonds. The Morgan fingerprint density at radius 3 is 2.89 bits per heavy atom. The molecule has 1 atom stereocenters. The second kappa shape index (κ2) is 9.20. The molecule has 3 N–H and O–H groups in total. The first-order chi connectivity index (χ1) is 13.5. The maximum atomic E-state index is 14.0. The monoisotopic (exact) mass is 391 g/mol. The fraction of sp³-hybridized carbons (Fsp3) is 0.368. The number of nitrogens with one attached hydrogen (secondary N) is 3. The summed E-state index contributed by atoms with van der Waals surface area (Å²) in [7, 11) is 1.61. The molecule has 7 nitrogen and oxygen atoms in total. The third-order valence-corrected chi connectivity index (χ3v) is 4.46. The van der Waals surface area contributed by atoms with E-state index < -0.39 is 11.6 Å². The van der Waals surface area contributed by atoms with E-state index >= 15 is 0 Å². The first-order valence-corrected chi connectivity index (χ1v) is 9.01. The number of carbonyl (C=O) groups is 1. The normalized spacial score (nSPS) is 16.9. The number of anilines is 1. The summed E-state index contributed by atoms with van der Waals surface area (Å²) in [5, 5.41) is 8.92. The third-order valence-electron chi connectivity index (χ3n) is 4.46. The van der Waals surface area contributed by atoms with Crippen molar-refractivity contribution in [1.29, 1.82) is 0 Å². The van der Waals surface area contributed by atoms with Crippen LogP contribution in [-0.2, 0) is 11.3 Å². The van der Waals surface area contributed by atoms with Gasteiger partial charge in [0.25, 0.3) is 0 Å². The van der Waals surface area contributed by atoms with Crippen LogP contribution in [-0.4, -0.2) is 44.6 Å². The molecule has 3 rings (SSSR count). The number of benzene rings is 1. The summed E-state index contributed by atoms with van der Waals surface area (Å²) in [5.41, 5.74) is 0.381. The van der Waals surface area contributed by atoms with Crippen molar-refractivity contribution in [1.82, 2.24) is 16.0 Å². The SMILES string of the molecule is CN=C(NCC(=O)NCc1ccco1)NC1CCN(c2ccc(F)cc2F)C1. The van der Waals surface area contributed by atoms with E-state index in [-0.39, 0.29) is 18.5 Å². The number of amides is 1. The lowest BCUT2D eigenvalue weighted by atomic mass is 10.2. The zero-order valence-electron chi connectivity index (χ0n) is 15.5. The smallest absolute Gasteiger partial charge is 0.239 e. The van der Waals surface area contributed by atoms with Crippen LogP contribution in [0.25, 0.3) is 0 Å². The number of hydrogen-bond donors (Lipinski definition) is 3. The zero-order chi connectivity index (χ0) is 19.9. The summed E-state index contributed by atoms with van der Waals surface area (Å²) in [6.07, 6.45) is 2.32. The van der Waals surface area contributed by atoms with Crippen molar-refractivity contribution in [3.8, 4) is 0 Å². The van der Waals surface area contributed by atoms with Gasteiger partial charge in [-0.15, -0.1) is 0 Å². The molecule has 1 aromatic carbocycles. The van der Waals surface area contributed by atoms with Gasteiger partial charge in [0, 0.05) is 32.2 Å². The van der Waals surface area contributed by atoms with Gasteiger partial charge in [-0.25, -0.2) is 8.78 Å². The molecule has 1 aliphatic rings. The molecule has 0 spiro atoms. The molecule has 28 heavy (non-hydrogen) atoms. The van der Waals surface area contributed by atoms with Crippen LogP contribution in [0, 0.1) is 11.6 Å². The molecule has 0 saturated carbocycles. The molecule has 2 aromatic rings. The fourth-order valence-electron chi connectivity index (χ4n) is 3.05. The Hall–Kier alpha value is -3.10. The number of hydrogen-bond acceptors (Lipinski definition) is 4. The zero-order valence-corrected chi connectivity index (χ0v) is 15.5. The van der Waals surface area contributed by atoms with Crippen molar-refractivity contribution >= 4 is 17.6 Å². The quantitative estimate of drug-likeness (QED) is 0.515. The number of aliphatic imine (C=N–C) groups is 1. The Kier molecular flexibility index (Phi) is 6.46. The first kappa shape index (κ1) is 19.7. The molecule has 0 aliphatic carbocycles. The van der Waals surface area contributed by atoms with Gasteiger partial charge in [0.15, 0.2) is 5.96 Å². The van der Waals surface area contributed by atoms with E-state index in [2.05, 4.69) is 20.9 Å². The van der Waals surface area contributed by atoms with E-state index in [9.17, 15) is 13.6 Å². The van der Waals surface area contributed by atoms with E-state index in [0.717, 1.165) is 12.5 Å². The van der Waals surface area contributed by atoms with Crippen LogP contribution < -0.4 is 20.9 Å². The number of rotatable bonds is 6. The van der Waals surface area contributed by atoms with Gasteiger partial charge in [-0.05, 0) is 30.7 Å². The van der Waals surface area contributed by atoms with Gasteiger partial charge in [0.2, 0.25) is 5.91 Å². The Labute approximate surface area is 161 Å². The lowest BCUT2D eigenvalue weighted by molar-refractivity contribution is -0.120. The highest BCUT2D eigenvalue weighted by molar-refractivity contribution is 5.86. The Bertz CT molecular complexity index is 826. The Morgan fingerprint density at radius 1 is 1.32 bits per heavy atom. The van der Waals surface area contributed by atoms with Gasteiger partial charge in [0.1, 0.15) is 17.4 Å². The fourth-order valence-corrected chi connectivity index (χ4v) is 3.05. The van der Waals surface area contributed by atoms with Gasteiger partial charge < -0.3 is 25.3 Å². The standard InChI is InChI=1S/C19H23F2N5O2/c1-22-19(24-11-18(27)23-10-15-3-2-8-28-15)25-14-6-7-26(12-14)17-5-4-13(20)9-16(17)21/h2-5,8-9,14H,6-7,10-12H2,1H3,(H,23,27)(H2,22,24,25). The van der Waals surface area contributed by atoms with E-state index in [1.165, 1.54) is 12.1 Å². The van der Waals surface area contributed by atoms with Gasteiger partial charge in [-0.3, -0.25) is 9.79 Å². The maximum Gasteiger partial charge on any atom is 0.239 e. The number of guanidine groups is 1. The van der Waals surface area contributed by atoms with Crippen LogP contribution in [0.5, 0.6) is 0 Å². The second-order valence-corrected chi connectivity index (χ2v) is 6.45. The van der Waals surface area contributed by atoms with Crippen molar-refractivity contribution in [2.45, 2.75) is 19.0 Å². The lowest BCUT2D eigenvalue weighted by Gasteiger charge is -2.20. The highest BCUT2D eigenvalue weighted by Gasteiger charge is 2.25. The first-order valence-electron chi connectivity index (χ1n) is 9.01. The molecule has 0 bridgehead atoms. The molecule has 1 saturated heterocycles. The highest BCUT2D eigenvalue weighted by atomic mass is 19.1. The predicted octanol–water partition coefficient (Wildman–Crippen LogP) is 1.62. The summed E-state index contributed by atoms with van der Waals surface area (Å²) >= 11 is 0.